The first kappa shape index (κ1) is 49.1. The summed E-state index contributed by atoms with van der Waals surface area (Å²) in [7, 11) is 0.832. The molecule has 4 aromatic rings. The van der Waals surface area contributed by atoms with Crippen molar-refractivity contribution in [1.82, 2.24) is 0 Å². The number of hydrogen-bond donors (Lipinski definition) is 2. The van der Waals surface area contributed by atoms with E-state index in [-0.39, 0.29) is 15.5 Å². The predicted molar refractivity (Wildman–Crippen MR) is 279 cm³/mol. The van der Waals surface area contributed by atoms with Gasteiger partial charge in [-0.15, -0.1) is 24.3 Å². The van der Waals surface area contributed by atoms with Crippen molar-refractivity contribution < 1.29 is 25.7 Å². The van der Waals surface area contributed by atoms with Crippen molar-refractivity contribution in [3.8, 4) is 11.5 Å². The average Bonchev–Trinajstić information content (AvgIpc) is 3.65. The van der Waals surface area contributed by atoms with Gasteiger partial charge in [-0.3, -0.25) is 0 Å². The molecule has 0 radical (unpaired) electrons. The molecule has 0 saturated heterocycles. The minimum Gasteiger partial charge on any atom is -0.199 e. The maximum Gasteiger partial charge on any atom is -0.0866 e. The maximum atomic E-state index is 12.2. The number of hydrogen-bond acceptors (Lipinski definition) is 2. The van der Waals surface area contributed by atoms with Crippen LogP contribution in [0.5, 0.6) is 11.5 Å². The van der Waals surface area contributed by atoms with E-state index in [4.69, 9.17) is 0 Å². The largest absolute Gasteiger partial charge is 0.199 e. The molecule has 5 aliphatic carbocycles. The minimum atomic E-state index is -0.195. The molecule has 1 heterocycles. The first-order valence-corrected chi connectivity index (χ1v) is 33.3. The average molecular weight is 947 g/mol. The van der Waals surface area contributed by atoms with E-state index in [2.05, 4.69) is 38.1 Å². The van der Waals surface area contributed by atoms with Gasteiger partial charge in [-0.2, -0.15) is 49.2 Å². The van der Waals surface area contributed by atoms with E-state index in [1.165, 1.54) is 189 Å². The molecule has 5 heteroatoms. The summed E-state index contributed by atoms with van der Waals surface area (Å²) in [5.74, 6) is 6.25. The topological polar surface area (TPSA) is 40.5 Å². The molecule has 4 aromatic carbocycles. The molecule has 0 spiro atoms. The molecule has 5 saturated carbocycles. The molecule has 0 amide bonds. The van der Waals surface area contributed by atoms with Crippen LogP contribution in [0.1, 0.15) is 235 Å². The number of rotatable bonds is 8. The Morgan fingerprint density at radius 2 is 0.708 bits per heavy atom. The number of phenolic OH excluding ortho intramolecular Hbond substituents is 2. The summed E-state index contributed by atoms with van der Waals surface area (Å²) >= 11 is -0.195. The Bertz CT molecular complexity index is 2000. The zero-order chi connectivity index (χ0) is 44.8. The van der Waals surface area contributed by atoms with Crippen LogP contribution in [0.2, 0.25) is 0 Å². The molecular weight excluding hydrogens is 865 g/mol. The van der Waals surface area contributed by atoms with Gasteiger partial charge >= 0.3 is 323 Å². The van der Waals surface area contributed by atoms with E-state index >= 15 is 0 Å². The fourth-order valence-corrected chi connectivity index (χ4v) is 33.2. The Morgan fingerprint density at radius 3 is 1.03 bits per heavy atom. The van der Waals surface area contributed by atoms with Gasteiger partial charge in [-0.1, -0.05) is 12.1 Å². The Morgan fingerprint density at radius 1 is 0.400 bits per heavy atom. The second-order valence-electron chi connectivity index (χ2n) is 20.8. The molecule has 2 N–H and O–H groups in total. The standard InChI is InChI=1S/C46H68O2S2.2C7H7.Ti/c47-45-39(27-37(33-17-7-3-8-18-33)29-41(45)35-21-11-5-12-22-35)31-49-43-25-15-1-2-16-26-44(43)50-32-40-28-38(34-19-9-4-10-20-34)30-42(46(40)48)36-23-13-6-14-24-36;2*1-7-5-3-2-4-6-7;/h27-30,33-36,43-44,47-48H,1-26,31-32H2;2*2-6H,1H2;/q;2*-1;/t43-,44?;;;/m0.../s1. The van der Waals surface area contributed by atoms with Crippen molar-refractivity contribution in [1.29, 1.82) is 0 Å². The first-order valence-electron chi connectivity index (χ1n) is 26.5. The number of benzene rings is 4. The third-order valence-corrected chi connectivity index (χ3v) is 32.0. The first-order chi connectivity index (χ1) is 31.9. The molecule has 352 valence electrons. The Kier molecular flexibility index (Phi) is 19.1. The summed E-state index contributed by atoms with van der Waals surface area (Å²) in [4.78, 5) is 0. The summed E-state index contributed by atoms with van der Waals surface area (Å²) < 4.78 is 0. The molecule has 2 unspecified atom stereocenters. The molecule has 0 bridgehead atoms. The molecule has 1 aliphatic heterocycles. The van der Waals surface area contributed by atoms with E-state index in [9.17, 15) is 10.2 Å². The van der Waals surface area contributed by atoms with Crippen LogP contribution >= 0.6 is 15.9 Å². The zero-order valence-electron chi connectivity index (χ0n) is 40.0. The SMILES string of the molecule is Oc1c(C[S]2=[Ti]=[S@@](Cc3cc(C4CCCCC4)cc(C4CCCCC4)c3O)C3CCCCCC[C@@H]32)cc(C2CCCCC2)cc1C1CCCCC1.[CH2-]c1ccccc1.[CH2-]c1ccccc1. The van der Waals surface area contributed by atoms with E-state index in [0.29, 0.717) is 51.1 Å². The van der Waals surface area contributed by atoms with Gasteiger partial charge in [0.25, 0.3) is 0 Å². The van der Waals surface area contributed by atoms with Gasteiger partial charge in [0.05, 0.1) is 0 Å². The van der Waals surface area contributed by atoms with E-state index in [0.717, 1.165) is 33.1 Å². The van der Waals surface area contributed by atoms with Crippen LogP contribution in [0.15, 0.2) is 84.9 Å². The van der Waals surface area contributed by atoms with Crippen molar-refractivity contribution in [3.05, 3.63) is 143 Å². The molecule has 6 aliphatic rings. The van der Waals surface area contributed by atoms with Gasteiger partial charge in [-0.05, 0) is 0 Å². The Labute approximate surface area is 406 Å². The molecule has 0 aromatic heterocycles. The third-order valence-electron chi connectivity index (χ3n) is 16.1. The van der Waals surface area contributed by atoms with Crippen LogP contribution in [-0.2, 0) is 27.0 Å². The van der Waals surface area contributed by atoms with Gasteiger partial charge in [0.1, 0.15) is 0 Å². The summed E-state index contributed by atoms with van der Waals surface area (Å²) in [5.41, 5.74) is 10.7. The third kappa shape index (κ3) is 13.7. The Hall–Kier alpha value is -2.37. The summed E-state index contributed by atoms with van der Waals surface area (Å²) in [6.07, 6.45) is 35.2. The predicted octanol–water partition coefficient (Wildman–Crippen LogP) is 18.3. The molecule has 2 nitrogen and oxygen atoms in total. The second kappa shape index (κ2) is 25.3. The molecule has 10 rings (SSSR count). The Balaban J connectivity index is 0.000000351. The summed E-state index contributed by atoms with van der Waals surface area (Å²) in [6, 6.07) is 29.9. The fourth-order valence-electron chi connectivity index (χ4n) is 12.4. The monoisotopic (exact) mass is 947 g/mol. The van der Waals surface area contributed by atoms with Gasteiger partial charge in [0.2, 0.25) is 0 Å². The maximum absolute atomic E-state index is 12.2. The number of aromatic hydroxyl groups is 2. The zero-order valence-corrected chi connectivity index (χ0v) is 43.2. The minimum absolute atomic E-state index is 0.195. The molecule has 5 fully saturated rings. The van der Waals surface area contributed by atoms with Crippen LogP contribution in [0.3, 0.4) is 0 Å². The van der Waals surface area contributed by atoms with Gasteiger partial charge in [-0.25, -0.2) is 0 Å². The number of phenols is 2. The second-order valence-corrected chi connectivity index (χ2v) is 32.3. The van der Waals surface area contributed by atoms with Crippen LogP contribution in [0, 0.1) is 13.8 Å². The van der Waals surface area contributed by atoms with E-state index in [1.54, 1.807) is 11.1 Å². The molecular formula is C60H82O2S2Ti-2. The van der Waals surface area contributed by atoms with Gasteiger partial charge < -0.3 is 0 Å². The normalized spacial score (nSPS) is 24.7. The quantitative estimate of drug-likeness (QED) is 0.136. The fraction of sp³-hybridized carbons (Fsp3) is 0.567. The molecule has 4 atom stereocenters. The number of fused-ring (bicyclic) bond motifs is 1. The van der Waals surface area contributed by atoms with Crippen LogP contribution < -0.4 is 0 Å². The van der Waals surface area contributed by atoms with Crippen molar-refractivity contribution in [2.45, 2.75) is 213 Å². The summed E-state index contributed by atoms with van der Waals surface area (Å²) in [5, 5.41) is 26.0. The van der Waals surface area contributed by atoms with Crippen LogP contribution in [-0.4, -0.2) is 20.7 Å². The smallest absolute Gasteiger partial charge is 0.0866 e. The van der Waals surface area contributed by atoms with Crippen molar-refractivity contribution in [2.75, 3.05) is 0 Å². The summed E-state index contributed by atoms with van der Waals surface area (Å²) in [6.45, 7) is 7.44. The van der Waals surface area contributed by atoms with Crippen molar-refractivity contribution in [2.24, 2.45) is 0 Å². The van der Waals surface area contributed by atoms with Gasteiger partial charge in [0.15, 0.2) is 0 Å². The van der Waals surface area contributed by atoms with Crippen LogP contribution in [0.4, 0.5) is 0 Å². The van der Waals surface area contributed by atoms with E-state index < -0.39 is 0 Å². The van der Waals surface area contributed by atoms with Gasteiger partial charge in [0, 0.05) is 0 Å². The van der Waals surface area contributed by atoms with Crippen molar-refractivity contribution in [3.63, 3.8) is 0 Å². The van der Waals surface area contributed by atoms with E-state index in [1.807, 2.05) is 60.7 Å². The van der Waals surface area contributed by atoms with Crippen molar-refractivity contribution >= 4 is 15.9 Å². The molecule has 65 heavy (non-hydrogen) atoms. The van der Waals surface area contributed by atoms with Crippen LogP contribution in [0.25, 0.3) is 0 Å².